The number of imidazole rings is 1. The molecule has 1 fully saturated rings. The van der Waals surface area contributed by atoms with Crippen LogP contribution < -0.4 is 5.32 Å². The van der Waals surface area contributed by atoms with Crippen molar-refractivity contribution in [2.24, 2.45) is 0 Å². The SMILES string of the molecule is C=CCN1CCC(Nc2nc3cccnc3n2Cc2ccc(C)o2)CC1.O=C(O)C=CC(=O)O.O=C(O)C=CC(=O)O. The van der Waals surface area contributed by atoms with Crippen LogP contribution in [-0.2, 0) is 25.7 Å². The average molecular weight is 584 g/mol. The van der Waals surface area contributed by atoms with Gasteiger partial charge in [-0.3, -0.25) is 9.47 Å². The Morgan fingerprint density at radius 2 is 1.55 bits per heavy atom. The maximum absolute atomic E-state index is 9.55. The van der Waals surface area contributed by atoms with Crippen molar-refractivity contribution >= 4 is 41.0 Å². The maximum Gasteiger partial charge on any atom is 0.328 e. The Morgan fingerprint density at radius 3 is 2.02 bits per heavy atom. The number of aliphatic carboxylic acids is 4. The highest BCUT2D eigenvalue weighted by atomic mass is 16.4. The molecule has 0 saturated carbocycles. The highest BCUT2D eigenvalue weighted by Gasteiger charge is 2.21. The second-order valence-electron chi connectivity index (χ2n) is 8.91. The summed E-state index contributed by atoms with van der Waals surface area (Å²) < 4.78 is 7.89. The lowest BCUT2D eigenvalue weighted by Gasteiger charge is -2.31. The van der Waals surface area contributed by atoms with Gasteiger partial charge >= 0.3 is 23.9 Å². The lowest BCUT2D eigenvalue weighted by Crippen LogP contribution is -2.39. The standard InChI is InChI=1S/C20H25N5O.2C4H4O4/c1-3-11-24-12-8-16(9-13-24)22-20-23-18-5-4-10-21-19(18)25(20)14-17-7-6-15(2)26-17;2*5-3(6)1-2-4(7)8/h3-7,10,16H,1,8-9,11-14H2,2H3,(H,22,23);2*1-2H,(H,5,6)(H,7,8). The fraction of sp³-hybridized carbons (Fsp3) is 0.286. The third kappa shape index (κ3) is 11.9. The number of aryl methyl sites for hydroxylation is 1. The lowest BCUT2D eigenvalue weighted by atomic mass is 10.1. The van der Waals surface area contributed by atoms with Crippen LogP contribution in [0.3, 0.4) is 0 Å². The fourth-order valence-electron chi connectivity index (χ4n) is 3.85. The largest absolute Gasteiger partial charge is 0.478 e. The average Bonchev–Trinajstić information content (AvgIpc) is 3.51. The predicted octanol–water partition coefficient (Wildman–Crippen LogP) is 2.87. The first kappa shape index (κ1) is 33.0. The van der Waals surface area contributed by atoms with Crippen LogP contribution in [0, 0.1) is 6.92 Å². The molecular weight excluding hydrogens is 550 g/mol. The number of fused-ring (bicyclic) bond motifs is 1. The first-order valence-corrected chi connectivity index (χ1v) is 12.7. The summed E-state index contributed by atoms with van der Waals surface area (Å²) in [7, 11) is 0. The molecule has 1 aliphatic heterocycles. The maximum atomic E-state index is 9.55. The minimum absolute atomic E-state index is 0.421. The number of likely N-dealkylation sites (tertiary alicyclic amines) is 1. The van der Waals surface area contributed by atoms with Crippen LogP contribution in [0.2, 0.25) is 0 Å². The summed E-state index contributed by atoms with van der Waals surface area (Å²) >= 11 is 0. The molecule has 14 nitrogen and oxygen atoms in total. The van der Waals surface area contributed by atoms with Crippen molar-refractivity contribution in [2.45, 2.75) is 32.4 Å². The molecular formula is C28H33N5O9. The molecule has 42 heavy (non-hydrogen) atoms. The Kier molecular flexibility index (Phi) is 13.2. The van der Waals surface area contributed by atoms with E-state index in [1.54, 1.807) is 0 Å². The number of piperidine rings is 1. The molecule has 0 bridgehead atoms. The molecule has 0 spiro atoms. The molecule has 3 aromatic rings. The number of furan rings is 1. The van der Waals surface area contributed by atoms with Crippen molar-refractivity contribution < 1.29 is 44.0 Å². The summed E-state index contributed by atoms with van der Waals surface area (Å²) in [5.74, 6) is -2.33. The molecule has 5 N–H and O–H groups in total. The van der Waals surface area contributed by atoms with Crippen molar-refractivity contribution in [2.75, 3.05) is 25.0 Å². The van der Waals surface area contributed by atoms with Crippen LogP contribution in [0.4, 0.5) is 5.95 Å². The first-order chi connectivity index (χ1) is 20.0. The van der Waals surface area contributed by atoms with Gasteiger partial charge in [0.2, 0.25) is 5.95 Å². The van der Waals surface area contributed by atoms with Gasteiger partial charge in [0, 0.05) is 56.2 Å². The van der Waals surface area contributed by atoms with Crippen molar-refractivity contribution in [1.82, 2.24) is 19.4 Å². The monoisotopic (exact) mass is 583 g/mol. The summed E-state index contributed by atoms with van der Waals surface area (Å²) in [5.41, 5.74) is 1.79. The van der Waals surface area contributed by atoms with Crippen molar-refractivity contribution in [3.05, 3.63) is 78.9 Å². The highest BCUT2D eigenvalue weighted by Crippen LogP contribution is 2.23. The van der Waals surface area contributed by atoms with Crippen LogP contribution in [-0.4, -0.2) is 89.4 Å². The summed E-state index contributed by atoms with van der Waals surface area (Å²) in [5, 5.41) is 34.9. The van der Waals surface area contributed by atoms with E-state index in [2.05, 4.69) is 26.3 Å². The van der Waals surface area contributed by atoms with Gasteiger partial charge in [-0.2, -0.15) is 0 Å². The Labute approximate surface area is 240 Å². The molecule has 3 aromatic heterocycles. The molecule has 0 radical (unpaired) electrons. The lowest BCUT2D eigenvalue weighted by molar-refractivity contribution is -0.134. The number of hydrogen-bond donors (Lipinski definition) is 5. The number of nitrogens with zero attached hydrogens (tertiary/aromatic N) is 4. The van der Waals surface area contributed by atoms with Gasteiger partial charge in [0.25, 0.3) is 0 Å². The van der Waals surface area contributed by atoms with Crippen LogP contribution in [0.25, 0.3) is 11.2 Å². The fourth-order valence-corrected chi connectivity index (χ4v) is 3.85. The zero-order valence-corrected chi connectivity index (χ0v) is 22.9. The number of carbonyl (C=O) groups is 4. The van der Waals surface area contributed by atoms with Gasteiger partial charge in [-0.25, -0.2) is 29.1 Å². The molecule has 4 rings (SSSR count). The van der Waals surface area contributed by atoms with E-state index >= 15 is 0 Å². The summed E-state index contributed by atoms with van der Waals surface area (Å²) in [4.78, 5) is 50.0. The number of aromatic nitrogens is 3. The molecule has 0 aliphatic carbocycles. The van der Waals surface area contributed by atoms with Crippen LogP contribution in [0.5, 0.6) is 0 Å². The first-order valence-electron chi connectivity index (χ1n) is 12.7. The number of nitrogens with one attached hydrogen (secondary N) is 1. The summed E-state index contributed by atoms with van der Waals surface area (Å²) in [6, 6.07) is 8.36. The van der Waals surface area contributed by atoms with Gasteiger partial charge in [-0.1, -0.05) is 6.08 Å². The second-order valence-corrected chi connectivity index (χ2v) is 8.91. The smallest absolute Gasteiger partial charge is 0.328 e. The molecule has 0 atom stereocenters. The van der Waals surface area contributed by atoms with E-state index in [1.807, 2.05) is 43.5 Å². The van der Waals surface area contributed by atoms with E-state index in [9.17, 15) is 19.2 Å². The van der Waals surface area contributed by atoms with E-state index in [-0.39, 0.29) is 0 Å². The van der Waals surface area contributed by atoms with E-state index in [0.29, 0.717) is 36.9 Å². The van der Waals surface area contributed by atoms with Gasteiger partial charge in [0.05, 0.1) is 6.54 Å². The van der Waals surface area contributed by atoms with Gasteiger partial charge in [0.15, 0.2) is 5.65 Å². The minimum Gasteiger partial charge on any atom is -0.478 e. The zero-order chi connectivity index (χ0) is 31.1. The third-order valence-electron chi connectivity index (χ3n) is 5.66. The Hall–Kier alpha value is -5.24. The number of carboxylic acid groups (broad SMARTS) is 4. The number of anilines is 1. The zero-order valence-electron chi connectivity index (χ0n) is 22.9. The number of carboxylic acids is 4. The third-order valence-corrected chi connectivity index (χ3v) is 5.66. The van der Waals surface area contributed by atoms with Crippen LogP contribution in [0.1, 0.15) is 24.4 Å². The minimum atomic E-state index is -1.26. The quantitative estimate of drug-likeness (QED) is 0.172. The molecule has 0 unspecified atom stereocenters. The summed E-state index contributed by atoms with van der Waals surface area (Å²) in [6.07, 6.45) is 8.22. The van der Waals surface area contributed by atoms with Crippen molar-refractivity contribution in [3.8, 4) is 0 Å². The van der Waals surface area contributed by atoms with Gasteiger partial charge in [-0.05, 0) is 44.0 Å². The van der Waals surface area contributed by atoms with Crippen LogP contribution >= 0.6 is 0 Å². The normalized spacial score (nSPS) is 13.6. The van der Waals surface area contributed by atoms with Gasteiger partial charge < -0.3 is 30.2 Å². The predicted molar refractivity (Wildman–Crippen MR) is 152 cm³/mol. The molecule has 14 heteroatoms. The van der Waals surface area contributed by atoms with Gasteiger partial charge in [-0.15, -0.1) is 6.58 Å². The van der Waals surface area contributed by atoms with Crippen molar-refractivity contribution in [3.63, 3.8) is 0 Å². The molecule has 224 valence electrons. The Balaban J connectivity index is 0.000000319. The van der Waals surface area contributed by atoms with Crippen LogP contribution in [0.15, 0.2) is 71.8 Å². The van der Waals surface area contributed by atoms with E-state index < -0.39 is 23.9 Å². The number of pyridine rings is 1. The highest BCUT2D eigenvalue weighted by molar-refractivity contribution is 5.90. The Morgan fingerprint density at radius 1 is 0.976 bits per heavy atom. The second kappa shape index (κ2) is 16.8. The molecule has 0 aromatic carbocycles. The van der Waals surface area contributed by atoms with E-state index in [4.69, 9.17) is 29.8 Å². The van der Waals surface area contributed by atoms with E-state index in [0.717, 1.165) is 61.1 Å². The molecule has 0 amide bonds. The molecule has 1 aliphatic rings. The number of rotatable bonds is 10. The molecule has 1 saturated heterocycles. The van der Waals surface area contributed by atoms with E-state index in [1.165, 1.54) is 0 Å². The number of hydrogen-bond acceptors (Lipinski definition) is 9. The van der Waals surface area contributed by atoms with Gasteiger partial charge in [0.1, 0.15) is 17.0 Å². The Bertz CT molecular complexity index is 1370. The molecule has 4 heterocycles. The van der Waals surface area contributed by atoms with Crippen molar-refractivity contribution in [1.29, 1.82) is 0 Å². The summed E-state index contributed by atoms with van der Waals surface area (Å²) in [6.45, 7) is 9.55. The topological polar surface area (TPSA) is 208 Å².